The van der Waals surface area contributed by atoms with Gasteiger partial charge in [0.25, 0.3) is 5.91 Å². The number of fused-ring (bicyclic) bond motifs is 1. The number of hydrogen-bond donors (Lipinski definition) is 3. The Morgan fingerprint density at radius 2 is 1.29 bits per heavy atom. The number of anilines is 2. The molecule has 5 aliphatic heterocycles. The van der Waals surface area contributed by atoms with Crippen molar-refractivity contribution in [1.82, 2.24) is 24.9 Å². The number of carbonyl (C=O) groups excluding carboxylic acids is 4. The molecule has 5 aliphatic rings. The molecule has 63 heavy (non-hydrogen) atoms. The number of urea groups is 1. The Morgan fingerprint density at radius 1 is 0.683 bits per heavy atom. The predicted molar refractivity (Wildman–Crippen MR) is 245 cm³/mol. The van der Waals surface area contributed by atoms with E-state index in [0.717, 1.165) is 111 Å². The molecule has 0 saturated carbocycles. The lowest BCUT2D eigenvalue weighted by Gasteiger charge is -2.44. The van der Waals surface area contributed by atoms with Gasteiger partial charge in [0.05, 0.1) is 0 Å². The Bertz CT molecular complexity index is 2350. The van der Waals surface area contributed by atoms with Gasteiger partial charge in [-0.2, -0.15) is 0 Å². The molecule has 1 unspecified atom stereocenters. The molecule has 0 radical (unpaired) electrons. The highest BCUT2D eigenvalue weighted by Gasteiger charge is 2.39. The minimum atomic E-state index is -1.52. The Balaban J connectivity index is 0.756. The van der Waals surface area contributed by atoms with Crippen molar-refractivity contribution >= 4 is 58.9 Å². The second-order valence-electron chi connectivity index (χ2n) is 17.4. The van der Waals surface area contributed by atoms with Crippen LogP contribution in [0.1, 0.15) is 71.6 Å². The molecule has 0 spiro atoms. The molecule has 5 heterocycles. The van der Waals surface area contributed by atoms with Crippen LogP contribution in [0, 0.1) is 0 Å². The number of rotatable bonds is 9. The molecule has 4 aromatic carbocycles. The van der Waals surface area contributed by atoms with E-state index in [0.29, 0.717) is 43.1 Å². The van der Waals surface area contributed by atoms with E-state index >= 15 is 0 Å². The van der Waals surface area contributed by atoms with Crippen molar-refractivity contribution in [3.05, 3.63) is 125 Å². The molecule has 0 aliphatic carbocycles. The number of likely N-dealkylation sites (tertiary alicyclic amines) is 1. The molecule has 13 nitrogen and oxygen atoms in total. The van der Waals surface area contributed by atoms with E-state index in [2.05, 4.69) is 81.5 Å². The summed E-state index contributed by atoms with van der Waals surface area (Å²) in [6.07, 6.45) is 3.35. The Kier molecular flexibility index (Phi) is 12.4. The average molecular weight is 850 g/mol. The van der Waals surface area contributed by atoms with Crippen LogP contribution in [0.15, 0.2) is 97.1 Å². The highest BCUT2D eigenvalue weighted by molar-refractivity contribution is 6.58. The predicted octanol–water partition coefficient (Wildman–Crippen LogP) is 4.03. The monoisotopic (exact) mass is 849 g/mol. The van der Waals surface area contributed by atoms with E-state index in [1.54, 1.807) is 17.0 Å². The van der Waals surface area contributed by atoms with Crippen LogP contribution >= 0.6 is 0 Å². The van der Waals surface area contributed by atoms with Crippen molar-refractivity contribution in [3.8, 4) is 0 Å². The minimum Gasteiger partial charge on any atom is -0.423 e. The third-order valence-electron chi connectivity index (χ3n) is 13.8. The number of carbonyl (C=O) groups is 4. The zero-order valence-electron chi connectivity index (χ0n) is 36.0. The minimum absolute atomic E-state index is 0.141. The largest absolute Gasteiger partial charge is 0.488 e. The Hall–Kier alpha value is -5.96. The summed E-state index contributed by atoms with van der Waals surface area (Å²) in [6, 6.07) is 32.5. The van der Waals surface area contributed by atoms with Crippen LogP contribution in [0.3, 0.4) is 0 Å². The van der Waals surface area contributed by atoms with E-state index < -0.39 is 19.1 Å². The van der Waals surface area contributed by atoms with Gasteiger partial charge in [0.15, 0.2) is 0 Å². The molecule has 4 aromatic rings. The summed E-state index contributed by atoms with van der Waals surface area (Å²) < 4.78 is 0. The zero-order chi connectivity index (χ0) is 43.6. The topological polar surface area (TPSA) is 140 Å². The Morgan fingerprint density at radius 3 is 1.92 bits per heavy atom. The fourth-order valence-electron chi connectivity index (χ4n) is 10.2. The SMILES string of the molecule is CC/C(=C(/c1ccc(B(O)O)cc1)c1ccc(N2CCN(C(=O)N3CCC(N4CCN(c5ccc6c(c5)CN(C5CCC(=O)NC5=O)C6=O)CC4)CC3)CC2)cc1)c1ccccc1. The fraction of sp³-hybridized carbons (Fsp3) is 0.388. The summed E-state index contributed by atoms with van der Waals surface area (Å²) in [5.74, 6) is -0.823. The number of imide groups is 1. The zero-order valence-corrected chi connectivity index (χ0v) is 36.0. The van der Waals surface area contributed by atoms with Gasteiger partial charge in [0, 0.05) is 101 Å². The van der Waals surface area contributed by atoms with E-state index in [1.807, 2.05) is 40.1 Å². The van der Waals surface area contributed by atoms with E-state index in [4.69, 9.17) is 0 Å². The van der Waals surface area contributed by atoms with Crippen molar-refractivity contribution in [2.24, 2.45) is 0 Å². The summed E-state index contributed by atoms with van der Waals surface area (Å²) in [5.41, 5.74) is 9.84. The lowest BCUT2D eigenvalue weighted by atomic mass is 9.79. The number of benzene rings is 4. The van der Waals surface area contributed by atoms with Gasteiger partial charge in [-0.15, -0.1) is 0 Å². The summed E-state index contributed by atoms with van der Waals surface area (Å²) >= 11 is 0. The molecular formula is C49H56BN7O6. The van der Waals surface area contributed by atoms with Crippen molar-refractivity contribution in [2.45, 2.75) is 57.7 Å². The molecule has 3 N–H and O–H groups in total. The highest BCUT2D eigenvalue weighted by Crippen LogP contribution is 2.36. The van der Waals surface area contributed by atoms with Gasteiger partial charge in [0.2, 0.25) is 11.8 Å². The second kappa shape index (κ2) is 18.4. The maximum atomic E-state index is 13.8. The van der Waals surface area contributed by atoms with E-state index in [-0.39, 0.29) is 24.3 Å². The molecule has 5 amide bonds. The standard InChI is InChI=1S/C49H56BN7O6/c1-2-42(34-6-4-3-5-7-34)46(35-8-12-38(13-9-35)50(62)63)36-10-14-39(15-11-36)52-28-30-56(31-29-52)49(61)55-22-20-40(21-23-55)53-24-26-54(27-25-53)41-16-17-43-37(32-41)33-57(48(43)60)44-18-19-45(58)51-47(44)59/h3-17,32,40,44,62-63H,2,18-31,33H2,1H3,(H,51,58,59)/b46-42+. The first kappa shape index (κ1) is 42.4. The average Bonchev–Trinajstić information content (AvgIpc) is 3.65. The van der Waals surface area contributed by atoms with Crippen LogP contribution in [0.4, 0.5) is 16.2 Å². The summed E-state index contributed by atoms with van der Waals surface area (Å²) in [7, 11) is -1.52. The summed E-state index contributed by atoms with van der Waals surface area (Å²) in [6.45, 7) is 10.6. The van der Waals surface area contributed by atoms with Crippen LogP contribution in [0.2, 0.25) is 0 Å². The van der Waals surface area contributed by atoms with Crippen molar-refractivity contribution < 1.29 is 29.2 Å². The van der Waals surface area contributed by atoms with Gasteiger partial charge in [0.1, 0.15) is 6.04 Å². The smallest absolute Gasteiger partial charge is 0.423 e. The third kappa shape index (κ3) is 8.84. The lowest BCUT2D eigenvalue weighted by Crippen LogP contribution is -2.57. The van der Waals surface area contributed by atoms with Gasteiger partial charge < -0.3 is 34.5 Å². The first-order valence-electron chi connectivity index (χ1n) is 22.6. The van der Waals surface area contributed by atoms with Crippen LogP contribution in [0.25, 0.3) is 11.1 Å². The number of amides is 5. The van der Waals surface area contributed by atoms with Crippen LogP contribution in [-0.4, -0.2) is 138 Å². The third-order valence-corrected chi connectivity index (χ3v) is 13.8. The molecule has 4 saturated heterocycles. The molecule has 1 atom stereocenters. The number of piperazine rings is 2. The molecular weight excluding hydrogens is 793 g/mol. The normalized spacial score (nSPS) is 20.5. The number of nitrogens with zero attached hydrogens (tertiary/aromatic N) is 6. The quantitative estimate of drug-likeness (QED) is 0.130. The van der Waals surface area contributed by atoms with Gasteiger partial charge in [-0.25, -0.2) is 4.79 Å². The number of hydrogen-bond acceptors (Lipinski definition) is 9. The van der Waals surface area contributed by atoms with Crippen molar-refractivity contribution in [3.63, 3.8) is 0 Å². The highest BCUT2D eigenvalue weighted by atomic mass is 16.4. The molecule has 0 bridgehead atoms. The maximum absolute atomic E-state index is 13.8. The second-order valence-corrected chi connectivity index (χ2v) is 17.4. The van der Waals surface area contributed by atoms with E-state index in [9.17, 15) is 29.2 Å². The van der Waals surface area contributed by atoms with Gasteiger partial charge >= 0.3 is 13.1 Å². The first-order valence-corrected chi connectivity index (χ1v) is 22.6. The van der Waals surface area contributed by atoms with E-state index in [1.165, 1.54) is 5.57 Å². The summed E-state index contributed by atoms with van der Waals surface area (Å²) in [5, 5.41) is 21.8. The number of piperidine rings is 2. The molecule has 9 rings (SSSR count). The molecule has 326 valence electrons. The van der Waals surface area contributed by atoms with Crippen molar-refractivity contribution in [2.75, 3.05) is 75.2 Å². The molecule has 14 heteroatoms. The fourth-order valence-corrected chi connectivity index (χ4v) is 10.2. The van der Waals surface area contributed by atoms with Gasteiger partial charge in [-0.3, -0.25) is 24.6 Å². The lowest BCUT2D eigenvalue weighted by molar-refractivity contribution is -0.136. The molecule has 4 fully saturated rings. The van der Waals surface area contributed by atoms with Gasteiger partial charge in [-0.05, 0) is 94.9 Å². The number of allylic oxidation sites excluding steroid dienone is 1. The molecule has 0 aromatic heterocycles. The van der Waals surface area contributed by atoms with Crippen LogP contribution in [-0.2, 0) is 16.1 Å². The van der Waals surface area contributed by atoms with Crippen LogP contribution < -0.4 is 20.6 Å². The van der Waals surface area contributed by atoms with Crippen molar-refractivity contribution in [1.29, 1.82) is 0 Å². The number of nitrogens with one attached hydrogen (secondary N) is 1. The van der Waals surface area contributed by atoms with Crippen LogP contribution in [0.5, 0.6) is 0 Å². The first-order chi connectivity index (χ1) is 30.6. The Labute approximate surface area is 369 Å². The maximum Gasteiger partial charge on any atom is 0.488 e. The summed E-state index contributed by atoms with van der Waals surface area (Å²) in [4.78, 5) is 64.1. The van der Waals surface area contributed by atoms with Gasteiger partial charge in [-0.1, -0.05) is 73.7 Å².